The molecule has 0 aromatic heterocycles. The summed E-state index contributed by atoms with van der Waals surface area (Å²) in [5, 5.41) is 0. The second-order valence-electron chi connectivity index (χ2n) is 6.71. The van der Waals surface area contributed by atoms with Crippen molar-refractivity contribution in [3.05, 3.63) is 47.8 Å². The van der Waals surface area contributed by atoms with Crippen LogP contribution in [0, 0.1) is 11.7 Å². The van der Waals surface area contributed by atoms with Gasteiger partial charge in [-0.3, -0.25) is 25.2 Å². The number of rotatable bonds is 6. The van der Waals surface area contributed by atoms with Gasteiger partial charge in [-0.25, -0.2) is 4.39 Å². The summed E-state index contributed by atoms with van der Waals surface area (Å²) in [6, 6.07) is 8.61. The highest BCUT2D eigenvalue weighted by molar-refractivity contribution is 6.01. The molecular weight excluding hydrogens is 409 g/mol. The van der Waals surface area contributed by atoms with E-state index in [1.54, 1.807) is 12.1 Å². The van der Waals surface area contributed by atoms with E-state index in [1.165, 1.54) is 44.4 Å². The van der Waals surface area contributed by atoms with Gasteiger partial charge in [0.2, 0.25) is 17.6 Å². The molecule has 0 bridgehead atoms. The number of nitrogens with zero attached hydrogens (tertiary/aromatic N) is 1. The molecule has 2 aromatic rings. The Morgan fingerprint density at radius 2 is 1.68 bits per heavy atom. The lowest BCUT2D eigenvalue weighted by Gasteiger charge is -2.20. The van der Waals surface area contributed by atoms with Gasteiger partial charge in [-0.15, -0.1) is 0 Å². The second kappa shape index (κ2) is 9.33. The number of halogens is 1. The van der Waals surface area contributed by atoms with Gasteiger partial charge in [-0.1, -0.05) is 12.1 Å². The van der Waals surface area contributed by atoms with Gasteiger partial charge in [0.05, 0.1) is 38.5 Å². The van der Waals surface area contributed by atoms with Gasteiger partial charge in [-0.2, -0.15) is 0 Å². The molecule has 1 atom stereocenters. The van der Waals surface area contributed by atoms with Gasteiger partial charge in [0.25, 0.3) is 5.91 Å². The number of carbonyl (C=O) groups is 3. The van der Waals surface area contributed by atoms with E-state index < -0.39 is 23.5 Å². The van der Waals surface area contributed by atoms with E-state index in [-0.39, 0.29) is 24.4 Å². The van der Waals surface area contributed by atoms with Crippen molar-refractivity contribution in [2.45, 2.75) is 6.42 Å². The SMILES string of the molecule is COc1cc(N2CC(C(=O)NNC(=O)c3ccccc3F)CC2=O)cc(OC)c1OC. The number of hydrazine groups is 1. The predicted octanol–water partition coefficient (Wildman–Crippen LogP) is 1.67. The molecule has 0 aliphatic carbocycles. The lowest BCUT2D eigenvalue weighted by molar-refractivity contribution is -0.126. The Morgan fingerprint density at radius 1 is 1.03 bits per heavy atom. The van der Waals surface area contributed by atoms with Gasteiger partial charge in [0, 0.05) is 25.1 Å². The molecule has 0 saturated carbocycles. The summed E-state index contributed by atoms with van der Waals surface area (Å²) in [7, 11) is 4.39. The summed E-state index contributed by atoms with van der Waals surface area (Å²) >= 11 is 0. The Bertz CT molecular complexity index is 987. The largest absolute Gasteiger partial charge is 0.493 e. The van der Waals surface area contributed by atoms with Gasteiger partial charge in [0.15, 0.2) is 11.5 Å². The number of methoxy groups -OCH3 is 3. The fourth-order valence-corrected chi connectivity index (χ4v) is 3.29. The zero-order chi connectivity index (χ0) is 22.5. The molecule has 2 aromatic carbocycles. The molecule has 10 heteroatoms. The number of amides is 3. The minimum absolute atomic E-state index is 0.0575. The maximum absolute atomic E-state index is 13.7. The van der Waals surface area contributed by atoms with Crippen molar-refractivity contribution in [2.75, 3.05) is 32.8 Å². The van der Waals surface area contributed by atoms with Crippen LogP contribution in [0.4, 0.5) is 10.1 Å². The highest BCUT2D eigenvalue weighted by atomic mass is 19.1. The maximum Gasteiger partial charge on any atom is 0.272 e. The summed E-state index contributed by atoms with van der Waals surface area (Å²) < 4.78 is 29.6. The average molecular weight is 431 g/mol. The van der Waals surface area contributed by atoms with Gasteiger partial charge in [-0.05, 0) is 12.1 Å². The van der Waals surface area contributed by atoms with E-state index in [9.17, 15) is 18.8 Å². The lowest BCUT2D eigenvalue weighted by atomic mass is 10.1. The van der Waals surface area contributed by atoms with E-state index in [2.05, 4.69) is 10.9 Å². The van der Waals surface area contributed by atoms with Crippen LogP contribution in [0.1, 0.15) is 16.8 Å². The Labute approximate surface area is 178 Å². The number of benzene rings is 2. The van der Waals surface area contributed by atoms with E-state index in [0.29, 0.717) is 22.9 Å². The Kier molecular flexibility index (Phi) is 6.58. The molecular formula is C21H22FN3O6. The Morgan fingerprint density at radius 3 is 2.26 bits per heavy atom. The molecule has 0 radical (unpaired) electrons. The molecule has 1 heterocycles. The summed E-state index contributed by atoms with van der Waals surface area (Å²) in [5.74, 6) is -1.94. The van der Waals surface area contributed by atoms with Gasteiger partial charge < -0.3 is 19.1 Å². The van der Waals surface area contributed by atoms with Crippen molar-refractivity contribution in [1.82, 2.24) is 10.9 Å². The van der Waals surface area contributed by atoms with Gasteiger partial charge in [0.1, 0.15) is 5.82 Å². The lowest BCUT2D eigenvalue weighted by Crippen LogP contribution is -2.45. The number of nitrogens with one attached hydrogen (secondary N) is 2. The first-order chi connectivity index (χ1) is 14.9. The van der Waals surface area contributed by atoms with Crippen LogP contribution in [0.5, 0.6) is 17.2 Å². The van der Waals surface area contributed by atoms with Crippen LogP contribution in [0.15, 0.2) is 36.4 Å². The quantitative estimate of drug-likeness (QED) is 0.674. The van der Waals surface area contributed by atoms with E-state index >= 15 is 0 Å². The van der Waals surface area contributed by atoms with Crippen molar-refractivity contribution >= 4 is 23.4 Å². The molecule has 1 saturated heterocycles. The highest BCUT2D eigenvalue weighted by Crippen LogP contribution is 2.42. The fourth-order valence-electron chi connectivity index (χ4n) is 3.29. The summed E-state index contributed by atoms with van der Waals surface area (Å²) in [6.07, 6.45) is -0.0575. The fraction of sp³-hybridized carbons (Fsp3) is 0.286. The number of carbonyl (C=O) groups excluding carboxylic acids is 3. The first kappa shape index (κ1) is 21.9. The molecule has 164 valence electrons. The minimum atomic E-state index is -0.794. The molecule has 3 amide bonds. The van der Waals surface area contributed by atoms with Crippen molar-refractivity contribution in [3.63, 3.8) is 0 Å². The highest BCUT2D eigenvalue weighted by Gasteiger charge is 2.36. The molecule has 1 fully saturated rings. The van der Waals surface area contributed by atoms with Crippen LogP contribution in [-0.4, -0.2) is 45.6 Å². The van der Waals surface area contributed by atoms with Crippen molar-refractivity contribution in [3.8, 4) is 17.2 Å². The van der Waals surface area contributed by atoms with E-state index in [4.69, 9.17) is 14.2 Å². The summed E-state index contributed by atoms with van der Waals surface area (Å²) in [5.41, 5.74) is 4.70. The standard InChI is InChI=1S/C21H22FN3O6/c1-29-16-9-13(10-17(30-2)19(16)31-3)25-11-12(8-18(25)26)20(27)23-24-21(28)14-6-4-5-7-15(14)22/h4-7,9-10,12H,8,11H2,1-3H3,(H,23,27)(H,24,28). The van der Waals surface area contributed by atoms with E-state index in [1.807, 2.05) is 0 Å². The van der Waals surface area contributed by atoms with E-state index in [0.717, 1.165) is 6.07 Å². The number of hydrogen-bond acceptors (Lipinski definition) is 6. The smallest absolute Gasteiger partial charge is 0.272 e. The monoisotopic (exact) mass is 431 g/mol. The van der Waals surface area contributed by atoms with Crippen LogP contribution in [0.25, 0.3) is 0 Å². The number of ether oxygens (including phenoxy) is 3. The number of anilines is 1. The molecule has 31 heavy (non-hydrogen) atoms. The van der Waals surface area contributed by atoms with Crippen molar-refractivity contribution in [2.24, 2.45) is 5.92 Å². The molecule has 1 unspecified atom stereocenters. The van der Waals surface area contributed by atoms with Crippen molar-refractivity contribution < 1.29 is 33.0 Å². The molecule has 1 aliphatic heterocycles. The first-order valence-corrected chi connectivity index (χ1v) is 9.34. The van der Waals surface area contributed by atoms with Crippen molar-refractivity contribution in [1.29, 1.82) is 0 Å². The third-order valence-electron chi connectivity index (χ3n) is 4.87. The third-order valence-corrected chi connectivity index (χ3v) is 4.87. The first-order valence-electron chi connectivity index (χ1n) is 9.34. The van der Waals surface area contributed by atoms with Crippen LogP contribution in [0.3, 0.4) is 0 Å². The van der Waals surface area contributed by atoms with Crippen LogP contribution in [0.2, 0.25) is 0 Å². The number of hydrogen-bond donors (Lipinski definition) is 2. The molecule has 2 N–H and O–H groups in total. The summed E-state index contributed by atoms with van der Waals surface area (Å²) in [6.45, 7) is 0.0822. The van der Waals surface area contributed by atoms with Crippen LogP contribution < -0.4 is 30.0 Å². The second-order valence-corrected chi connectivity index (χ2v) is 6.71. The average Bonchev–Trinajstić information content (AvgIpc) is 3.18. The van der Waals surface area contributed by atoms with Crippen LogP contribution >= 0.6 is 0 Å². The van der Waals surface area contributed by atoms with Gasteiger partial charge >= 0.3 is 0 Å². The maximum atomic E-state index is 13.7. The molecule has 9 nitrogen and oxygen atoms in total. The third kappa shape index (κ3) is 4.52. The molecule has 1 aliphatic rings. The molecule has 3 rings (SSSR count). The zero-order valence-electron chi connectivity index (χ0n) is 17.2. The summed E-state index contributed by atoms with van der Waals surface area (Å²) in [4.78, 5) is 38.5. The molecule has 0 spiro atoms. The Hall–Kier alpha value is -3.82. The minimum Gasteiger partial charge on any atom is -0.493 e. The normalized spacial score (nSPS) is 15.4. The Balaban J connectivity index is 1.69. The zero-order valence-corrected chi connectivity index (χ0v) is 17.2. The topological polar surface area (TPSA) is 106 Å². The van der Waals surface area contributed by atoms with Crippen LogP contribution in [-0.2, 0) is 9.59 Å². The predicted molar refractivity (Wildman–Crippen MR) is 109 cm³/mol.